The van der Waals surface area contributed by atoms with Crippen LogP contribution in [-0.4, -0.2) is 23.9 Å². The Morgan fingerprint density at radius 1 is 1.04 bits per heavy atom. The molecule has 1 amide bonds. The van der Waals surface area contributed by atoms with Crippen LogP contribution in [0.3, 0.4) is 0 Å². The van der Waals surface area contributed by atoms with E-state index in [1.165, 1.54) is 5.56 Å². The van der Waals surface area contributed by atoms with Crippen molar-refractivity contribution in [3.8, 4) is 0 Å². The van der Waals surface area contributed by atoms with Crippen LogP contribution in [0.25, 0.3) is 0 Å². The molecule has 1 N–H and O–H groups in total. The molecule has 0 radical (unpaired) electrons. The Morgan fingerprint density at radius 3 is 2.36 bits per heavy atom. The van der Waals surface area contributed by atoms with Crippen molar-refractivity contribution in [3.63, 3.8) is 0 Å². The Balaban J connectivity index is 0.00000182. The third kappa shape index (κ3) is 2.96. The van der Waals surface area contributed by atoms with Crippen LogP contribution < -0.4 is 5.32 Å². The number of hydrogen-bond donors (Lipinski definition) is 1. The molecular weight excluding hydrogens is 332 g/mol. The van der Waals surface area contributed by atoms with Crippen LogP contribution >= 0.6 is 11.6 Å². The topological polar surface area (TPSA) is 32.3 Å². The van der Waals surface area contributed by atoms with Gasteiger partial charge in [0.05, 0.1) is 11.5 Å². The number of nitrogens with zero attached hydrogens (tertiary/aromatic N) is 1. The van der Waals surface area contributed by atoms with Gasteiger partial charge in [0.15, 0.2) is 0 Å². The van der Waals surface area contributed by atoms with E-state index in [-0.39, 0.29) is 24.8 Å². The molecule has 4 rings (SSSR count). The Kier molecular flexibility index (Phi) is 5.16. The van der Waals surface area contributed by atoms with Gasteiger partial charge in [-0.05, 0) is 43.1 Å². The summed E-state index contributed by atoms with van der Waals surface area (Å²) in [4.78, 5) is 15.1. The standard InChI is InChI=1S/C20H21ClN2O.CH4/c21-17-9-5-4-8-16(17)14-23-18(15-6-2-1-3-7-15)20(19(23)24)10-12-22-13-11-20;/h1-9,18,22H,10-14H2;1H4. The average molecular weight is 357 g/mol. The summed E-state index contributed by atoms with van der Waals surface area (Å²) < 4.78 is 0. The minimum Gasteiger partial charge on any atom is -0.330 e. The van der Waals surface area contributed by atoms with Gasteiger partial charge in [0.2, 0.25) is 5.91 Å². The summed E-state index contributed by atoms with van der Waals surface area (Å²) >= 11 is 6.32. The summed E-state index contributed by atoms with van der Waals surface area (Å²) in [5.41, 5.74) is 2.00. The van der Waals surface area contributed by atoms with Crippen molar-refractivity contribution < 1.29 is 4.79 Å². The lowest BCUT2D eigenvalue weighted by Crippen LogP contribution is -2.65. The fourth-order valence-corrected chi connectivity index (χ4v) is 4.42. The van der Waals surface area contributed by atoms with E-state index in [4.69, 9.17) is 11.6 Å². The highest BCUT2D eigenvalue weighted by molar-refractivity contribution is 6.31. The zero-order chi connectivity index (χ0) is 16.6. The second kappa shape index (κ2) is 7.19. The zero-order valence-electron chi connectivity index (χ0n) is 13.5. The number of rotatable bonds is 3. The maximum atomic E-state index is 13.1. The number of β-lactam (4-membered cyclic amide) rings is 1. The molecule has 2 aromatic rings. The molecule has 0 aromatic heterocycles. The third-order valence-electron chi connectivity index (χ3n) is 5.43. The van der Waals surface area contributed by atoms with Crippen molar-refractivity contribution in [1.29, 1.82) is 0 Å². The molecule has 1 atom stereocenters. The highest BCUT2D eigenvalue weighted by Gasteiger charge is 2.60. The number of halogens is 1. The molecule has 2 aliphatic rings. The van der Waals surface area contributed by atoms with E-state index in [1.807, 2.05) is 35.2 Å². The van der Waals surface area contributed by atoms with Crippen LogP contribution in [0.4, 0.5) is 0 Å². The van der Waals surface area contributed by atoms with Crippen molar-refractivity contribution in [2.45, 2.75) is 32.9 Å². The summed E-state index contributed by atoms with van der Waals surface area (Å²) in [5, 5.41) is 4.11. The molecule has 4 heteroatoms. The van der Waals surface area contributed by atoms with Crippen molar-refractivity contribution in [1.82, 2.24) is 10.2 Å². The predicted octanol–water partition coefficient (Wildman–Crippen LogP) is 4.43. The summed E-state index contributed by atoms with van der Waals surface area (Å²) in [6, 6.07) is 18.4. The van der Waals surface area contributed by atoms with Crippen molar-refractivity contribution in [2.24, 2.45) is 5.41 Å². The van der Waals surface area contributed by atoms with Crippen LogP contribution in [0, 0.1) is 5.41 Å². The Bertz CT molecular complexity index is 741. The normalized spacial score (nSPS) is 21.6. The first-order chi connectivity index (χ1) is 11.7. The number of carbonyl (C=O) groups is 1. The molecule has 2 aromatic carbocycles. The molecule has 0 aliphatic carbocycles. The lowest BCUT2D eigenvalue weighted by molar-refractivity contribution is -0.179. The number of amides is 1. The van der Waals surface area contributed by atoms with Crippen LogP contribution in [0.1, 0.15) is 37.4 Å². The van der Waals surface area contributed by atoms with Gasteiger partial charge in [0.25, 0.3) is 0 Å². The fourth-order valence-electron chi connectivity index (χ4n) is 4.22. The molecular formula is C21H25ClN2O. The molecule has 132 valence electrons. The minimum absolute atomic E-state index is 0. The van der Waals surface area contributed by atoms with Gasteiger partial charge in [-0.25, -0.2) is 0 Å². The number of piperidine rings is 1. The second-order valence-corrected chi connectivity index (χ2v) is 7.15. The van der Waals surface area contributed by atoms with Gasteiger partial charge in [-0.3, -0.25) is 4.79 Å². The average Bonchev–Trinajstić information content (AvgIpc) is 2.64. The fraction of sp³-hybridized carbons (Fsp3) is 0.381. The highest BCUT2D eigenvalue weighted by Crippen LogP contribution is 2.55. The number of benzene rings is 2. The van der Waals surface area contributed by atoms with Crippen LogP contribution in [0.15, 0.2) is 54.6 Å². The SMILES string of the molecule is C.O=C1N(Cc2ccccc2Cl)C(c2ccccc2)C12CCNCC2. The smallest absolute Gasteiger partial charge is 0.232 e. The van der Waals surface area contributed by atoms with Crippen molar-refractivity contribution in [3.05, 3.63) is 70.7 Å². The number of nitrogens with one attached hydrogen (secondary N) is 1. The molecule has 2 aliphatic heterocycles. The summed E-state index contributed by atoms with van der Waals surface area (Å²) in [6.07, 6.45) is 1.81. The van der Waals surface area contributed by atoms with E-state index in [9.17, 15) is 4.79 Å². The van der Waals surface area contributed by atoms with Gasteiger partial charge in [-0.1, -0.05) is 67.6 Å². The highest BCUT2D eigenvalue weighted by atomic mass is 35.5. The maximum Gasteiger partial charge on any atom is 0.232 e. The Morgan fingerprint density at radius 2 is 1.68 bits per heavy atom. The Hall–Kier alpha value is -1.84. The summed E-state index contributed by atoms with van der Waals surface area (Å²) in [7, 11) is 0. The molecule has 0 saturated carbocycles. The number of carbonyl (C=O) groups excluding carboxylic acids is 1. The van der Waals surface area contributed by atoms with E-state index >= 15 is 0 Å². The summed E-state index contributed by atoms with van der Waals surface area (Å²) in [5.74, 6) is 0.276. The van der Waals surface area contributed by atoms with Crippen LogP contribution in [-0.2, 0) is 11.3 Å². The van der Waals surface area contributed by atoms with E-state index in [1.54, 1.807) is 0 Å². The van der Waals surface area contributed by atoms with E-state index in [0.29, 0.717) is 6.54 Å². The first-order valence-corrected chi connectivity index (χ1v) is 8.90. The lowest BCUT2D eigenvalue weighted by Gasteiger charge is -2.58. The minimum atomic E-state index is -0.242. The van der Waals surface area contributed by atoms with Gasteiger partial charge < -0.3 is 10.2 Å². The molecule has 0 bridgehead atoms. The maximum absolute atomic E-state index is 13.1. The van der Waals surface area contributed by atoms with Crippen molar-refractivity contribution >= 4 is 17.5 Å². The Labute approximate surface area is 155 Å². The summed E-state index contributed by atoms with van der Waals surface area (Å²) in [6.45, 7) is 2.40. The molecule has 25 heavy (non-hydrogen) atoms. The predicted molar refractivity (Wildman–Crippen MR) is 102 cm³/mol. The van der Waals surface area contributed by atoms with E-state index in [2.05, 4.69) is 29.6 Å². The second-order valence-electron chi connectivity index (χ2n) is 6.74. The van der Waals surface area contributed by atoms with E-state index in [0.717, 1.165) is 36.5 Å². The molecule has 2 heterocycles. The number of hydrogen-bond acceptors (Lipinski definition) is 2. The van der Waals surface area contributed by atoms with E-state index < -0.39 is 0 Å². The molecule has 3 nitrogen and oxygen atoms in total. The third-order valence-corrected chi connectivity index (χ3v) is 5.80. The number of likely N-dealkylation sites (tertiary alicyclic amines) is 1. The molecule has 1 unspecified atom stereocenters. The van der Waals surface area contributed by atoms with Gasteiger partial charge in [-0.2, -0.15) is 0 Å². The molecule has 2 fully saturated rings. The zero-order valence-corrected chi connectivity index (χ0v) is 14.3. The molecule has 2 saturated heterocycles. The quantitative estimate of drug-likeness (QED) is 0.825. The van der Waals surface area contributed by atoms with Crippen LogP contribution in [0.2, 0.25) is 5.02 Å². The monoisotopic (exact) mass is 356 g/mol. The van der Waals surface area contributed by atoms with Gasteiger partial charge in [0.1, 0.15) is 0 Å². The lowest BCUT2D eigenvalue weighted by atomic mass is 9.62. The van der Waals surface area contributed by atoms with Gasteiger partial charge in [-0.15, -0.1) is 0 Å². The molecule has 1 spiro atoms. The van der Waals surface area contributed by atoms with Gasteiger partial charge in [0, 0.05) is 11.6 Å². The largest absolute Gasteiger partial charge is 0.330 e. The first kappa shape index (κ1) is 18.0. The van der Waals surface area contributed by atoms with Crippen LogP contribution in [0.5, 0.6) is 0 Å². The van der Waals surface area contributed by atoms with Crippen molar-refractivity contribution in [2.75, 3.05) is 13.1 Å². The first-order valence-electron chi connectivity index (χ1n) is 8.52. The van der Waals surface area contributed by atoms with Gasteiger partial charge >= 0.3 is 0 Å².